The second kappa shape index (κ2) is 4.99. The summed E-state index contributed by atoms with van der Waals surface area (Å²) in [6.07, 6.45) is 3.41. The van der Waals surface area contributed by atoms with Crippen molar-refractivity contribution in [2.75, 3.05) is 0 Å². The summed E-state index contributed by atoms with van der Waals surface area (Å²) in [4.78, 5) is 0. The van der Waals surface area contributed by atoms with Gasteiger partial charge < -0.3 is 10.2 Å². The van der Waals surface area contributed by atoms with Crippen LogP contribution >= 0.6 is 0 Å². The van der Waals surface area contributed by atoms with Gasteiger partial charge in [-0.3, -0.25) is 0 Å². The van der Waals surface area contributed by atoms with E-state index in [1.807, 2.05) is 0 Å². The molecule has 0 aromatic rings. The van der Waals surface area contributed by atoms with Crippen LogP contribution in [0.15, 0.2) is 22.3 Å². The first-order valence-corrected chi connectivity index (χ1v) is 8.06. The second-order valence-corrected chi connectivity index (χ2v) is 7.57. The molecule has 3 aliphatic carbocycles. The molecule has 3 aliphatic rings. The average Bonchev–Trinajstić information content (AvgIpc) is 2.41. The van der Waals surface area contributed by atoms with Crippen molar-refractivity contribution < 1.29 is 10.2 Å². The SMILES string of the molecule is CC1=C(C)C[C@H]2C(O)[C@@H]3CC(C)=C(C)C[C@@H]3C(O)[C@H]2C1. The zero-order chi connectivity index (χ0) is 14.6. The van der Waals surface area contributed by atoms with Gasteiger partial charge in [0.1, 0.15) is 0 Å². The van der Waals surface area contributed by atoms with Crippen LogP contribution in [0, 0.1) is 23.7 Å². The molecule has 1 saturated carbocycles. The molecule has 1 fully saturated rings. The normalized spacial score (nSPS) is 45.3. The first-order chi connectivity index (χ1) is 9.40. The third-order valence-corrected chi connectivity index (χ3v) is 6.48. The van der Waals surface area contributed by atoms with Crippen molar-refractivity contribution in [3.63, 3.8) is 0 Å². The van der Waals surface area contributed by atoms with Crippen LogP contribution in [0.1, 0.15) is 53.4 Å². The van der Waals surface area contributed by atoms with Crippen LogP contribution in [0.2, 0.25) is 0 Å². The van der Waals surface area contributed by atoms with Gasteiger partial charge in [-0.2, -0.15) is 0 Å². The number of hydrogen-bond donors (Lipinski definition) is 2. The third kappa shape index (κ3) is 2.08. The molecular weight excluding hydrogens is 248 g/mol. The van der Waals surface area contributed by atoms with E-state index in [-0.39, 0.29) is 35.9 Å². The maximum Gasteiger partial charge on any atom is 0.0610 e. The van der Waals surface area contributed by atoms with Gasteiger partial charge in [-0.1, -0.05) is 22.3 Å². The molecule has 2 heteroatoms. The quantitative estimate of drug-likeness (QED) is 0.665. The standard InChI is InChI=1S/C18H28O2/c1-9-5-13-14(6-10(9)2)18(20)16-8-12(4)11(3)7-15(16)17(13)19/h13-20H,5-8H2,1-4H3/t13-,14+,15-,16+,17?,18?. The van der Waals surface area contributed by atoms with E-state index in [1.165, 1.54) is 22.3 Å². The molecule has 0 aromatic carbocycles. The van der Waals surface area contributed by atoms with Crippen molar-refractivity contribution in [1.82, 2.24) is 0 Å². The molecule has 0 radical (unpaired) electrons. The minimum Gasteiger partial charge on any atom is -0.393 e. The molecule has 4 atom stereocenters. The van der Waals surface area contributed by atoms with Gasteiger partial charge in [-0.05, 0) is 77.0 Å². The molecule has 20 heavy (non-hydrogen) atoms. The van der Waals surface area contributed by atoms with Gasteiger partial charge in [0.15, 0.2) is 0 Å². The summed E-state index contributed by atoms with van der Waals surface area (Å²) in [7, 11) is 0. The summed E-state index contributed by atoms with van der Waals surface area (Å²) >= 11 is 0. The van der Waals surface area contributed by atoms with Crippen molar-refractivity contribution in [2.24, 2.45) is 23.7 Å². The first kappa shape index (κ1) is 14.3. The predicted molar refractivity (Wildman–Crippen MR) is 81.2 cm³/mol. The summed E-state index contributed by atoms with van der Waals surface area (Å²) < 4.78 is 0. The van der Waals surface area contributed by atoms with Crippen LogP contribution in [0.25, 0.3) is 0 Å². The van der Waals surface area contributed by atoms with E-state index in [0.717, 1.165) is 25.7 Å². The highest BCUT2D eigenvalue weighted by Gasteiger charge is 2.51. The van der Waals surface area contributed by atoms with Crippen LogP contribution in [-0.4, -0.2) is 22.4 Å². The largest absolute Gasteiger partial charge is 0.393 e. The summed E-state index contributed by atoms with van der Waals surface area (Å²) in [5, 5.41) is 21.7. The first-order valence-electron chi connectivity index (χ1n) is 8.06. The third-order valence-electron chi connectivity index (χ3n) is 6.48. The van der Waals surface area contributed by atoms with Gasteiger partial charge in [0.05, 0.1) is 12.2 Å². The number of hydrogen-bond acceptors (Lipinski definition) is 2. The summed E-state index contributed by atoms with van der Waals surface area (Å²) in [6, 6.07) is 0. The molecule has 2 nitrogen and oxygen atoms in total. The average molecular weight is 276 g/mol. The van der Waals surface area contributed by atoms with Crippen LogP contribution in [0.4, 0.5) is 0 Å². The van der Waals surface area contributed by atoms with Crippen LogP contribution < -0.4 is 0 Å². The molecule has 3 rings (SSSR count). The molecule has 0 bridgehead atoms. The van der Waals surface area contributed by atoms with E-state index in [9.17, 15) is 10.2 Å². The molecule has 0 heterocycles. The second-order valence-electron chi connectivity index (χ2n) is 7.57. The van der Waals surface area contributed by atoms with Crippen molar-refractivity contribution >= 4 is 0 Å². The Morgan fingerprint density at radius 1 is 0.550 bits per heavy atom. The van der Waals surface area contributed by atoms with Gasteiger partial charge in [-0.25, -0.2) is 0 Å². The molecule has 0 aromatic heterocycles. The van der Waals surface area contributed by atoms with E-state index in [0.29, 0.717) is 0 Å². The van der Waals surface area contributed by atoms with E-state index in [4.69, 9.17) is 0 Å². The fraction of sp³-hybridized carbons (Fsp3) is 0.778. The van der Waals surface area contributed by atoms with Crippen molar-refractivity contribution in [3.05, 3.63) is 22.3 Å². The van der Waals surface area contributed by atoms with Crippen molar-refractivity contribution in [1.29, 1.82) is 0 Å². The molecule has 0 unspecified atom stereocenters. The minimum absolute atomic E-state index is 0.237. The fourth-order valence-electron chi connectivity index (χ4n) is 4.85. The number of rotatable bonds is 0. The highest BCUT2D eigenvalue weighted by atomic mass is 16.3. The topological polar surface area (TPSA) is 40.5 Å². The highest BCUT2D eigenvalue weighted by molar-refractivity contribution is 5.23. The predicted octanol–water partition coefficient (Wildman–Crippen LogP) is 3.45. The Hall–Kier alpha value is -0.600. The van der Waals surface area contributed by atoms with E-state index in [2.05, 4.69) is 27.7 Å². The van der Waals surface area contributed by atoms with E-state index >= 15 is 0 Å². The van der Waals surface area contributed by atoms with Gasteiger partial charge in [0.2, 0.25) is 0 Å². The summed E-state index contributed by atoms with van der Waals surface area (Å²) in [5.41, 5.74) is 5.70. The zero-order valence-electron chi connectivity index (χ0n) is 13.2. The van der Waals surface area contributed by atoms with Gasteiger partial charge in [0, 0.05) is 0 Å². The van der Waals surface area contributed by atoms with Crippen LogP contribution in [0.3, 0.4) is 0 Å². The Morgan fingerprint density at radius 3 is 0.950 bits per heavy atom. The van der Waals surface area contributed by atoms with Gasteiger partial charge in [0.25, 0.3) is 0 Å². The molecule has 0 spiro atoms. The van der Waals surface area contributed by atoms with Crippen molar-refractivity contribution in [2.45, 2.75) is 65.6 Å². The Morgan fingerprint density at radius 2 is 0.750 bits per heavy atom. The van der Waals surface area contributed by atoms with Crippen LogP contribution in [-0.2, 0) is 0 Å². The lowest BCUT2D eigenvalue weighted by molar-refractivity contribution is -0.123. The number of fused-ring (bicyclic) bond motifs is 2. The Bertz CT molecular complexity index is 390. The smallest absolute Gasteiger partial charge is 0.0610 e. The van der Waals surface area contributed by atoms with Crippen molar-refractivity contribution in [3.8, 4) is 0 Å². The summed E-state index contributed by atoms with van der Waals surface area (Å²) in [6.45, 7) is 8.75. The van der Waals surface area contributed by atoms with Gasteiger partial charge >= 0.3 is 0 Å². The Labute approximate surface area is 122 Å². The number of aliphatic hydroxyl groups excluding tert-OH is 2. The van der Waals surface area contributed by atoms with E-state index in [1.54, 1.807) is 0 Å². The lowest BCUT2D eigenvalue weighted by Crippen LogP contribution is -2.54. The number of aliphatic hydroxyl groups is 2. The molecular formula is C18H28O2. The molecule has 112 valence electrons. The maximum absolute atomic E-state index is 10.9. The molecule has 0 amide bonds. The molecule has 0 saturated heterocycles. The Kier molecular flexibility index (Phi) is 3.58. The highest BCUT2D eigenvalue weighted by Crippen LogP contribution is 2.52. The van der Waals surface area contributed by atoms with E-state index < -0.39 is 0 Å². The molecule has 2 N–H and O–H groups in total. The minimum atomic E-state index is -0.237. The molecule has 0 aliphatic heterocycles. The van der Waals surface area contributed by atoms with Gasteiger partial charge in [-0.15, -0.1) is 0 Å². The lowest BCUT2D eigenvalue weighted by atomic mass is 9.56. The maximum atomic E-state index is 10.9. The van der Waals surface area contributed by atoms with Crippen LogP contribution in [0.5, 0.6) is 0 Å². The lowest BCUT2D eigenvalue weighted by Gasteiger charge is -2.52. The fourth-order valence-corrected chi connectivity index (χ4v) is 4.85. The Balaban J connectivity index is 1.92. The number of allylic oxidation sites excluding steroid dienone is 4. The monoisotopic (exact) mass is 276 g/mol. The zero-order valence-corrected chi connectivity index (χ0v) is 13.2. The summed E-state index contributed by atoms with van der Waals surface area (Å²) in [5.74, 6) is 1.06.